The topological polar surface area (TPSA) is 74.3 Å². The number of anilines is 2. The van der Waals surface area contributed by atoms with Gasteiger partial charge in [-0.3, -0.25) is 14.6 Å². The Labute approximate surface area is 182 Å². The normalized spacial score (nSPS) is 14.4. The van der Waals surface area contributed by atoms with Crippen molar-refractivity contribution in [3.8, 4) is 0 Å². The number of aromatic nitrogens is 1. The molecule has 2 heterocycles. The molecule has 1 aliphatic rings. The second-order valence-corrected chi connectivity index (χ2v) is 8.44. The van der Waals surface area contributed by atoms with E-state index in [9.17, 15) is 9.59 Å². The number of nitrogens with zero attached hydrogens (tertiary/aromatic N) is 2. The van der Waals surface area contributed by atoms with Gasteiger partial charge in [0.2, 0.25) is 11.8 Å². The maximum Gasteiger partial charge on any atom is 0.246 e. The van der Waals surface area contributed by atoms with Crippen LogP contribution in [0.5, 0.6) is 0 Å². The molecule has 2 N–H and O–H groups in total. The molecule has 0 spiro atoms. The minimum absolute atomic E-state index is 0.129. The average Bonchev–Trinajstić information content (AvgIpc) is 3.29. The molecule has 0 bridgehead atoms. The van der Waals surface area contributed by atoms with Crippen molar-refractivity contribution in [2.75, 3.05) is 29.1 Å². The number of nitrogens with one attached hydrogen (secondary N) is 2. The summed E-state index contributed by atoms with van der Waals surface area (Å²) in [5.41, 5.74) is 2.84. The molecule has 30 heavy (non-hydrogen) atoms. The van der Waals surface area contributed by atoms with Gasteiger partial charge >= 0.3 is 0 Å². The highest BCUT2D eigenvalue weighted by Crippen LogP contribution is 2.23. The lowest BCUT2D eigenvalue weighted by atomic mass is 10.1. The van der Waals surface area contributed by atoms with E-state index in [0.717, 1.165) is 36.6 Å². The number of hydrogen-bond acceptors (Lipinski definition) is 5. The molecule has 3 rings (SSSR count). The van der Waals surface area contributed by atoms with Crippen molar-refractivity contribution < 1.29 is 9.59 Å². The second-order valence-electron chi connectivity index (χ2n) is 7.46. The molecule has 0 radical (unpaired) electrons. The molecule has 1 aliphatic heterocycles. The van der Waals surface area contributed by atoms with Gasteiger partial charge in [0.05, 0.1) is 11.4 Å². The van der Waals surface area contributed by atoms with Crippen LogP contribution >= 0.6 is 11.8 Å². The number of amides is 2. The molecule has 160 valence electrons. The van der Waals surface area contributed by atoms with Gasteiger partial charge in [0, 0.05) is 36.4 Å². The van der Waals surface area contributed by atoms with Gasteiger partial charge in [-0.25, -0.2) is 0 Å². The third-order valence-corrected chi connectivity index (χ3v) is 5.99. The average molecular weight is 427 g/mol. The fourth-order valence-corrected chi connectivity index (χ4v) is 4.26. The lowest BCUT2D eigenvalue weighted by Gasteiger charge is -2.20. The standard InChI is InChI=1S/C23H30N4O2S/c1-2-8-21(26-22(28)17-30-16-19-9-3-4-12-24-19)23(29)25-18-10-7-11-20(15-18)27-13-5-6-14-27/h3-4,7,9-12,15,21H,2,5-6,8,13-14,16-17H2,1H3,(H,25,29)(H,26,28). The molecule has 0 aliphatic carbocycles. The summed E-state index contributed by atoms with van der Waals surface area (Å²) >= 11 is 1.49. The van der Waals surface area contributed by atoms with E-state index in [1.54, 1.807) is 6.20 Å². The van der Waals surface area contributed by atoms with Crippen molar-refractivity contribution in [3.63, 3.8) is 0 Å². The molecule has 1 saturated heterocycles. The maximum atomic E-state index is 12.8. The molecule has 2 aromatic rings. The van der Waals surface area contributed by atoms with E-state index in [-0.39, 0.29) is 11.8 Å². The maximum absolute atomic E-state index is 12.8. The number of pyridine rings is 1. The molecule has 1 unspecified atom stereocenters. The van der Waals surface area contributed by atoms with Gasteiger partial charge in [-0.15, -0.1) is 11.8 Å². The van der Waals surface area contributed by atoms with Gasteiger partial charge < -0.3 is 15.5 Å². The summed E-state index contributed by atoms with van der Waals surface area (Å²) in [6.07, 6.45) is 5.58. The van der Waals surface area contributed by atoms with E-state index in [4.69, 9.17) is 0 Å². The van der Waals surface area contributed by atoms with Gasteiger partial charge in [0.1, 0.15) is 6.04 Å². The smallest absolute Gasteiger partial charge is 0.246 e. The lowest BCUT2D eigenvalue weighted by Crippen LogP contribution is -2.44. The van der Waals surface area contributed by atoms with Crippen molar-refractivity contribution in [1.82, 2.24) is 10.3 Å². The third-order valence-electron chi connectivity index (χ3n) is 5.02. The Balaban J connectivity index is 1.51. The number of thioether (sulfide) groups is 1. The predicted octanol–water partition coefficient (Wildman–Crippen LogP) is 3.84. The van der Waals surface area contributed by atoms with Gasteiger partial charge in [0.25, 0.3) is 0 Å². The fourth-order valence-electron chi connectivity index (χ4n) is 3.51. The van der Waals surface area contributed by atoms with Crippen LogP contribution in [0.4, 0.5) is 11.4 Å². The molecule has 1 aromatic heterocycles. The van der Waals surface area contributed by atoms with Crippen LogP contribution in [-0.2, 0) is 15.3 Å². The first-order chi connectivity index (χ1) is 14.7. The van der Waals surface area contributed by atoms with Gasteiger partial charge in [-0.1, -0.05) is 25.5 Å². The van der Waals surface area contributed by atoms with Crippen molar-refractivity contribution in [2.24, 2.45) is 0 Å². The first kappa shape index (κ1) is 22.2. The van der Waals surface area contributed by atoms with Crippen LogP contribution in [0.2, 0.25) is 0 Å². The summed E-state index contributed by atoms with van der Waals surface area (Å²) in [6, 6.07) is 13.2. The molecule has 7 heteroatoms. The molecule has 1 atom stereocenters. The van der Waals surface area contributed by atoms with Gasteiger partial charge in [0.15, 0.2) is 0 Å². The van der Waals surface area contributed by atoms with E-state index >= 15 is 0 Å². The minimum Gasteiger partial charge on any atom is -0.371 e. The number of carbonyl (C=O) groups is 2. The Kier molecular flexibility index (Phi) is 8.56. The molecular weight excluding hydrogens is 396 g/mol. The Morgan fingerprint density at radius 3 is 2.73 bits per heavy atom. The van der Waals surface area contributed by atoms with Crippen LogP contribution < -0.4 is 15.5 Å². The van der Waals surface area contributed by atoms with E-state index in [1.807, 2.05) is 43.3 Å². The quantitative estimate of drug-likeness (QED) is 0.604. The molecule has 2 amide bonds. The molecule has 1 fully saturated rings. The lowest BCUT2D eigenvalue weighted by molar-refractivity contribution is -0.125. The van der Waals surface area contributed by atoms with Crippen LogP contribution in [0.1, 0.15) is 38.3 Å². The fraction of sp³-hybridized carbons (Fsp3) is 0.435. The van der Waals surface area contributed by atoms with Crippen LogP contribution in [0, 0.1) is 0 Å². The van der Waals surface area contributed by atoms with Crippen LogP contribution in [0.3, 0.4) is 0 Å². The van der Waals surface area contributed by atoms with Crippen LogP contribution in [-0.4, -0.2) is 41.7 Å². The van der Waals surface area contributed by atoms with Crippen molar-refractivity contribution in [3.05, 3.63) is 54.4 Å². The number of carbonyl (C=O) groups excluding carboxylic acids is 2. The third kappa shape index (κ3) is 6.76. The first-order valence-corrected chi connectivity index (χ1v) is 11.7. The molecule has 6 nitrogen and oxygen atoms in total. The second kappa shape index (κ2) is 11.6. The van der Waals surface area contributed by atoms with Crippen molar-refractivity contribution >= 4 is 35.0 Å². The van der Waals surface area contributed by atoms with E-state index in [2.05, 4.69) is 26.6 Å². The highest BCUT2D eigenvalue weighted by molar-refractivity contribution is 7.99. The summed E-state index contributed by atoms with van der Waals surface area (Å²) in [5, 5.41) is 5.87. The Bertz CT molecular complexity index is 825. The largest absolute Gasteiger partial charge is 0.371 e. The number of hydrogen-bond donors (Lipinski definition) is 2. The number of rotatable bonds is 10. The monoisotopic (exact) mass is 426 g/mol. The van der Waals surface area contributed by atoms with Gasteiger partial charge in [-0.2, -0.15) is 0 Å². The van der Waals surface area contributed by atoms with E-state index < -0.39 is 6.04 Å². The van der Waals surface area contributed by atoms with Crippen LogP contribution in [0.15, 0.2) is 48.7 Å². The minimum atomic E-state index is -0.534. The van der Waals surface area contributed by atoms with Crippen molar-refractivity contribution in [1.29, 1.82) is 0 Å². The zero-order valence-corrected chi connectivity index (χ0v) is 18.3. The zero-order valence-electron chi connectivity index (χ0n) is 17.5. The Hall–Kier alpha value is -2.54. The van der Waals surface area contributed by atoms with E-state index in [1.165, 1.54) is 24.6 Å². The zero-order chi connectivity index (χ0) is 21.2. The Morgan fingerprint density at radius 2 is 2.00 bits per heavy atom. The molecule has 1 aromatic carbocycles. The summed E-state index contributed by atoms with van der Waals surface area (Å²) < 4.78 is 0. The summed E-state index contributed by atoms with van der Waals surface area (Å²) in [6.45, 7) is 4.13. The summed E-state index contributed by atoms with van der Waals surface area (Å²) in [5.74, 6) is 0.672. The first-order valence-electron chi connectivity index (χ1n) is 10.6. The summed E-state index contributed by atoms with van der Waals surface area (Å²) in [7, 11) is 0. The Morgan fingerprint density at radius 1 is 1.17 bits per heavy atom. The molecule has 0 saturated carbocycles. The van der Waals surface area contributed by atoms with Crippen molar-refractivity contribution in [2.45, 2.75) is 44.4 Å². The van der Waals surface area contributed by atoms with E-state index in [0.29, 0.717) is 17.9 Å². The molecular formula is C23H30N4O2S. The SMILES string of the molecule is CCCC(NC(=O)CSCc1ccccn1)C(=O)Nc1cccc(N2CCCC2)c1. The number of benzene rings is 1. The highest BCUT2D eigenvalue weighted by atomic mass is 32.2. The highest BCUT2D eigenvalue weighted by Gasteiger charge is 2.20. The van der Waals surface area contributed by atoms with Crippen LogP contribution in [0.25, 0.3) is 0 Å². The van der Waals surface area contributed by atoms with Gasteiger partial charge in [-0.05, 0) is 49.6 Å². The predicted molar refractivity (Wildman–Crippen MR) is 124 cm³/mol. The summed E-state index contributed by atoms with van der Waals surface area (Å²) in [4.78, 5) is 31.8.